The van der Waals surface area contributed by atoms with Crippen LogP contribution >= 0.6 is 0 Å². The second-order valence-electron chi connectivity index (χ2n) is 4.92. The van der Waals surface area contributed by atoms with Crippen LogP contribution in [0.15, 0.2) is 0 Å². The molecule has 0 heterocycles. The number of carbonyl (C=O) groups excluding carboxylic acids is 3. The fourth-order valence-electron chi connectivity index (χ4n) is 2.09. The number of hydrogen-bond donors (Lipinski definition) is 0. The van der Waals surface area contributed by atoms with Crippen molar-refractivity contribution < 1.29 is 28.6 Å². The van der Waals surface area contributed by atoms with Crippen LogP contribution in [0.4, 0.5) is 0 Å². The lowest BCUT2D eigenvalue weighted by Gasteiger charge is -2.15. The minimum Gasteiger partial charge on any atom is -0.469 e. The SMILES string of the molecule is COC(=O)CCCCC(CCC(=O)OC)CCC(=O)OC. The van der Waals surface area contributed by atoms with Crippen molar-refractivity contribution in [2.24, 2.45) is 5.92 Å². The van der Waals surface area contributed by atoms with Crippen LogP contribution in [-0.4, -0.2) is 39.2 Å². The predicted molar refractivity (Wildman–Crippen MR) is 76.5 cm³/mol. The first kappa shape index (κ1) is 19.4. The van der Waals surface area contributed by atoms with Gasteiger partial charge in [-0.15, -0.1) is 0 Å². The summed E-state index contributed by atoms with van der Waals surface area (Å²) in [4.78, 5) is 33.4. The zero-order valence-corrected chi connectivity index (χ0v) is 13.2. The van der Waals surface area contributed by atoms with E-state index in [4.69, 9.17) is 0 Å². The molecule has 0 aliphatic rings. The van der Waals surface area contributed by atoms with Crippen molar-refractivity contribution in [1.82, 2.24) is 0 Å². The summed E-state index contributed by atoms with van der Waals surface area (Å²) in [6, 6.07) is 0. The van der Waals surface area contributed by atoms with Crippen LogP contribution in [0.3, 0.4) is 0 Å². The molecule has 0 aliphatic carbocycles. The van der Waals surface area contributed by atoms with E-state index in [1.54, 1.807) is 0 Å². The van der Waals surface area contributed by atoms with Crippen LogP contribution in [-0.2, 0) is 28.6 Å². The number of unbranched alkanes of at least 4 members (excludes halogenated alkanes) is 1. The monoisotopic (exact) mass is 302 g/mol. The van der Waals surface area contributed by atoms with Crippen LogP contribution < -0.4 is 0 Å². The first-order chi connectivity index (χ1) is 10.0. The van der Waals surface area contributed by atoms with Gasteiger partial charge in [-0.05, 0) is 25.2 Å². The predicted octanol–water partition coefficient (Wildman–Crippen LogP) is 2.24. The summed E-state index contributed by atoms with van der Waals surface area (Å²) in [6.45, 7) is 0. The Hall–Kier alpha value is -1.59. The van der Waals surface area contributed by atoms with E-state index in [0.29, 0.717) is 32.1 Å². The molecule has 0 spiro atoms. The molecule has 0 saturated carbocycles. The van der Waals surface area contributed by atoms with E-state index in [1.165, 1.54) is 21.3 Å². The molecule has 0 radical (unpaired) electrons. The topological polar surface area (TPSA) is 78.9 Å². The van der Waals surface area contributed by atoms with Gasteiger partial charge in [0.2, 0.25) is 0 Å². The number of esters is 3. The number of hydrogen-bond acceptors (Lipinski definition) is 6. The Morgan fingerprint density at radius 1 is 0.667 bits per heavy atom. The minimum atomic E-state index is -0.243. The van der Waals surface area contributed by atoms with E-state index in [0.717, 1.165) is 19.3 Å². The fourth-order valence-corrected chi connectivity index (χ4v) is 2.09. The average molecular weight is 302 g/mol. The molecule has 0 aromatic rings. The number of carbonyl (C=O) groups is 3. The zero-order chi connectivity index (χ0) is 16.1. The maximum atomic E-state index is 11.2. The van der Waals surface area contributed by atoms with Crippen LogP contribution in [0.1, 0.15) is 51.4 Å². The van der Waals surface area contributed by atoms with E-state index in [2.05, 4.69) is 14.2 Å². The second-order valence-corrected chi connectivity index (χ2v) is 4.92. The first-order valence-corrected chi connectivity index (χ1v) is 7.23. The van der Waals surface area contributed by atoms with Gasteiger partial charge in [0.25, 0.3) is 0 Å². The van der Waals surface area contributed by atoms with E-state index >= 15 is 0 Å². The maximum Gasteiger partial charge on any atom is 0.305 e. The molecule has 0 N–H and O–H groups in total. The lowest BCUT2D eigenvalue weighted by atomic mass is 9.91. The Balaban J connectivity index is 4.07. The molecule has 0 unspecified atom stereocenters. The Kier molecular flexibility index (Phi) is 11.3. The molecule has 0 fully saturated rings. The van der Waals surface area contributed by atoms with Crippen molar-refractivity contribution >= 4 is 17.9 Å². The summed E-state index contributed by atoms with van der Waals surface area (Å²) in [6.07, 6.45) is 4.94. The molecule has 21 heavy (non-hydrogen) atoms. The number of rotatable bonds is 11. The molecule has 0 aliphatic heterocycles. The normalized spacial score (nSPS) is 10.3. The average Bonchev–Trinajstić information content (AvgIpc) is 2.51. The van der Waals surface area contributed by atoms with Crippen molar-refractivity contribution in [3.8, 4) is 0 Å². The molecule has 0 aromatic carbocycles. The second kappa shape index (κ2) is 12.2. The Labute approximate surface area is 126 Å². The van der Waals surface area contributed by atoms with Crippen LogP contribution in [0, 0.1) is 5.92 Å². The van der Waals surface area contributed by atoms with E-state index in [9.17, 15) is 14.4 Å². The smallest absolute Gasteiger partial charge is 0.305 e. The van der Waals surface area contributed by atoms with Crippen LogP contribution in [0.25, 0.3) is 0 Å². The van der Waals surface area contributed by atoms with Gasteiger partial charge in [-0.3, -0.25) is 14.4 Å². The zero-order valence-electron chi connectivity index (χ0n) is 13.2. The number of ether oxygens (including phenoxy) is 3. The van der Waals surface area contributed by atoms with Gasteiger partial charge in [0, 0.05) is 19.3 Å². The molecule has 0 saturated heterocycles. The van der Waals surface area contributed by atoms with Gasteiger partial charge in [0.15, 0.2) is 0 Å². The third-order valence-corrected chi connectivity index (χ3v) is 3.44. The third kappa shape index (κ3) is 10.8. The summed E-state index contributed by atoms with van der Waals surface area (Å²) in [5.74, 6) is -0.447. The summed E-state index contributed by atoms with van der Waals surface area (Å²) < 4.78 is 13.8. The highest BCUT2D eigenvalue weighted by molar-refractivity contribution is 5.70. The quantitative estimate of drug-likeness (QED) is 0.331. The molecule has 0 aromatic heterocycles. The lowest BCUT2D eigenvalue weighted by molar-refractivity contribution is -0.141. The molecular weight excluding hydrogens is 276 g/mol. The van der Waals surface area contributed by atoms with Crippen LogP contribution in [0.2, 0.25) is 0 Å². The molecular formula is C15H26O6. The fraction of sp³-hybridized carbons (Fsp3) is 0.800. The third-order valence-electron chi connectivity index (χ3n) is 3.44. The highest BCUT2D eigenvalue weighted by Gasteiger charge is 2.14. The standard InChI is InChI=1S/C15H26O6/c1-19-13(16)7-5-4-6-12(8-10-14(17)20-2)9-11-15(18)21-3/h12H,4-11H2,1-3H3. The highest BCUT2D eigenvalue weighted by atomic mass is 16.5. The Morgan fingerprint density at radius 3 is 1.52 bits per heavy atom. The van der Waals surface area contributed by atoms with Crippen molar-refractivity contribution in [2.45, 2.75) is 51.4 Å². The van der Waals surface area contributed by atoms with Gasteiger partial charge >= 0.3 is 17.9 Å². The van der Waals surface area contributed by atoms with Crippen molar-refractivity contribution in [1.29, 1.82) is 0 Å². The van der Waals surface area contributed by atoms with E-state index < -0.39 is 0 Å². The van der Waals surface area contributed by atoms with Crippen molar-refractivity contribution in [3.63, 3.8) is 0 Å². The van der Waals surface area contributed by atoms with Gasteiger partial charge in [-0.2, -0.15) is 0 Å². The minimum absolute atomic E-state index is 0.212. The summed E-state index contributed by atoms with van der Waals surface area (Å²) in [5, 5.41) is 0. The summed E-state index contributed by atoms with van der Waals surface area (Å²) in [7, 11) is 4.10. The Morgan fingerprint density at radius 2 is 1.10 bits per heavy atom. The lowest BCUT2D eigenvalue weighted by Crippen LogP contribution is -2.10. The van der Waals surface area contributed by atoms with E-state index in [-0.39, 0.29) is 23.8 Å². The van der Waals surface area contributed by atoms with Gasteiger partial charge in [0.1, 0.15) is 0 Å². The summed E-state index contributed by atoms with van der Waals surface area (Å²) >= 11 is 0. The molecule has 6 heteroatoms. The van der Waals surface area contributed by atoms with Gasteiger partial charge in [0.05, 0.1) is 21.3 Å². The van der Waals surface area contributed by atoms with Gasteiger partial charge < -0.3 is 14.2 Å². The highest BCUT2D eigenvalue weighted by Crippen LogP contribution is 2.21. The summed E-state index contributed by atoms with van der Waals surface area (Å²) in [5.41, 5.74) is 0. The van der Waals surface area contributed by atoms with Gasteiger partial charge in [-0.25, -0.2) is 0 Å². The molecule has 6 nitrogen and oxygen atoms in total. The number of methoxy groups -OCH3 is 3. The van der Waals surface area contributed by atoms with Crippen molar-refractivity contribution in [3.05, 3.63) is 0 Å². The molecule has 0 amide bonds. The Bertz CT molecular complexity index is 306. The molecule has 0 bridgehead atoms. The molecule has 122 valence electrons. The van der Waals surface area contributed by atoms with E-state index in [1.807, 2.05) is 0 Å². The largest absolute Gasteiger partial charge is 0.469 e. The van der Waals surface area contributed by atoms with Crippen LogP contribution in [0.5, 0.6) is 0 Å². The first-order valence-electron chi connectivity index (χ1n) is 7.23. The molecule has 0 rings (SSSR count). The maximum absolute atomic E-state index is 11.2. The molecule has 0 atom stereocenters. The van der Waals surface area contributed by atoms with Crippen molar-refractivity contribution in [2.75, 3.05) is 21.3 Å². The van der Waals surface area contributed by atoms with Gasteiger partial charge in [-0.1, -0.05) is 12.8 Å².